The third-order valence-corrected chi connectivity index (χ3v) is 22.2. The number of carboxylic acid groups (broad SMARTS) is 1. The van der Waals surface area contributed by atoms with Crippen molar-refractivity contribution in [1.29, 1.82) is 0 Å². The number of rotatable bonds is 35. The number of ether oxygens (including phenoxy) is 3. The summed E-state index contributed by atoms with van der Waals surface area (Å²) >= 11 is 0. The van der Waals surface area contributed by atoms with Crippen LogP contribution in [0.15, 0.2) is 215 Å². The van der Waals surface area contributed by atoms with Crippen molar-refractivity contribution in [3.8, 4) is 50.6 Å². The molecule has 0 radical (unpaired) electrons. The summed E-state index contributed by atoms with van der Waals surface area (Å²) in [4.78, 5) is 74.3. The van der Waals surface area contributed by atoms with Gasteiger partial charge in [0.25, 0.3) is 0 Å². The SMILES string of the molecule is CCCOc1ccc(-c2cccc(CCCc3nn(Cc4ccc(C(C)(C)C)cc4)c(=O)n3CC)c2)cc1C(=O)O.CCn1c(CCCc2cccc(-c3ccc(OC)c(CC(C)=O)c3)c2)nn(Cc2ccc(C(C)(C)C)cc2)c1=O.CCn1c(CCCc2cccc(-c3ccc(OC)c(CCC(C)=O)c3)c2)nn(Cc2ccc(C(C)(C)C)cc2)c1=O. The summed E-state index contributed by atoms with van der Waals surface area (Å²) in [5, 5.41) is 23.8. The van der Waals surface area contributed by atoms with Crippen LogP contribution in [0.2, 0.25) is 0 Å². The van der Waals surface area contributed by atoms with Crippen molar-refractivity contribution in [2.24, 2.45) is 0 Å². The Morgan fingerprint density at radius 3 is 1.01 bits per heavy atom. The van der Waals surface area contributed by atoms with Gasteiger partial charge in [0, 0.05) is 57.3 Å². The molecule has 19 nitrogen and oxygen atoms in total. The lowest BCUT2D eigenvalue weighted by atomic mass is 9.87. The summed E-state index contributed by atoms with van der Waals surface area (Å²) in [5.74, 6) is 3.69. The van der Waals surface area contributed by atoms with Crippen LogP contribution in [0.1, 0.15) is 225 Å². The number of hydrogen-bond donors (Lipinski definition) is 1. The monoisotopic (exact) mass is 1650 g/mol. The van der Waals surface area contributed by atoms with Crippen LogP contribution in [0.5, 0.6) is 17.2 Å². The highest BCUT2D eigenvalue weighted by Gasteiger charge is 2.22. The Labute approximate surface area is 720 Å². The van der Waals surface area contributed by atoms with Crippen molar-refractivity contribution >= 4 is 17.5 Å². The van der Waals surface area contributed by atoms with Gasteiger partial charge in [-0.3, -0.25) is 18.5 Å². The Morgan fingerprint density at radius 2 is 0.697 bits per heavy atom. The van der Waals surface area contributed by atoms with Crippen LogP contribution < -0.4 is 31.3 Å². The number of carbonyl (C=O) groups is 3. The maximum atomic E-state index is 13.1. The normalized spacial score (nSPS) is 11.5. The average molecular weight is 1650 g/mol. The molecule has 1 N–H and O–H groups in total. The molecule has 0 saturated heterocycles. The van der Waals surface area contributed by atoms with E-state index in [4.69, 9.17) is 29.5 Å². The van der Waals surface area contributed by atoms with E-state index < -0.39 is 5.97 Å². The van der Waals surface area contributed by atoms with Gasteiger partial charge in [0.1, 0.15) is 51.9 Å². The molecule has 642 valence electrons. The Hall–Kier alpha value is -12.0. The Morgan fingerprint density at radius 1 is 0.369 bits per heavy atom. The lowest BCUT2D eigenvalue weighted by Gasteiger charge is -2.19. The zero-order chi connectivity index (χ0) is 88.0. The fraction of sp³-hybridized carbons (Fsp3) is 0.388. The molecular weight excluding hydrogens is 1520 g/mol. The van der Waals surface area contributed by atoms with Gasteiger partial charge in [-0.1, -0.05) is 233 Å². The van der Waals surface area contributed by atoms with E-state index in [2.05, 4.69) is 208 Å². The maximum Gasteiger partial charge on any atom is 0.346 e. The minimum Gasteiger partial charge on any atom is -0.496 e. The predicted molar refractivity (Wildman–Crippen MR) is 490 cm³/mol. The highest BCUT2D eigenvalue weighted by Crippen LogP contribution is 2.34. The maximum absolute atomic E-state index is 13.1. The van der Waals surface area contributed by atoms with Gasteiger partial charge in [-0.2, -0.15) is 15.3 Å². The van der Waals surface area contributed by atoms with Crippen molar-refractivity contribution in [3.05, 3.63) is 316 Å². The van der Waals surface area contributed by atoms with Crippen molar-refractivity contribution in [1.82, 2.24) is 43.0 Å². The van der Waals surface area contributed by atoms with Crippen LogP contribution >= 0.6 is 0 Å². The standard InChI is InChI=1S/C35H43N3O3.C34H41N3O4.C34H41N3O3/c1-7-37-33(36-38(34(37)40)24-27-15-19-31(20-16-27)35(3,4)5)13-9-11-26-10-8-12-28(22-26)29-18-21-32(41-6)30(23-29)17-14-25(2)39;1-6-20-41-30-19-16-27(22-29(30)32(38)39)26-12-8-10-24(21-26)11-9-13-31-35-37(33(40)36(31)7-2)23-25-14-17-28(18-15-25)34(3,4)5;1-7-36-32(35-37(33(36)39)23-26-14-17-30(18-15-26)34(3,4)5)13-9-11-25-10-8-12-27(21-25)28-16-19-31(40-6)29(22-28)20-24(2)38/h8,10,12,15-16,18-23H,7,9,11,13-14,17,24H2,1-6H3;8,10,12,14-19,21-22H,6-7,9,11,13,20,23H2,1-5H3,(H,38,39);8,10,12,14-19,21-22H,7,9,11,13,20,23H2,1-6H3. The predicted octanol–water partition coefficient (Wildman–Crippen LogP) is 19.9. The number of carboxylic acids is 1. The van der Waals surface area contributed by atoms with Crippen molar-refractivity contribution < 1.29 is 33.7 Å². The fourth-order valence-electron chi connectivity index (χ4n) is 15.2. The molecule has 0 amide bonds. The molecule has 9 aromatic carbocycles. The number of ketones is 2. The molecule has 0 unspecified atom stereocenters. The second-order valence-electron chi connectivity index (χ2n) is 34.8. The van der Waals surface area contributed by atoms with E-state index in [1.54, 1.807) is 67.9 Å². The molecule has 0 spiro atoms. The third kappa shape index (κ3) is 25.1. The third-order valence-electron chi connectivity index (χ3n) is 22.2. The van der Waals surface area contributed by atoms with Gasteiger partial charge in [0.15, 0.2) is 0 Å². The number of Topliss-reactive ketones (excluding diaryl/α,β-unsaturated/α-hetero) is 2. The second-order valence-corrected chi connectivity index (χ2v) is 34.8. The van der Waals surface area contributed by atoms with Gasteiger partial charge < -0.3 is 24.1 Å². The molecule has 0 aliphatic heterocycles. The van der Waals surface area contributed by atoms with E-state index in [0.717, 1.165) is 154 Å². The lowest BCUT2D eigenvalue weighted by Crippen LogP contribution is -2.25. The van der Waals surface area contributed by atoms with Gasteiger partial charge in [-0.15, -0.1) is 0 Å². The molecular formula is C103H125N9O10. The quantitative estimate of drug-likeness (QED) is 0.0391. The zero-order valence-corrected chi connectivity index (χ0v) is 74.8. The van der Waals surface area contributed by atoms with E-state index in [0.29, 0.717) is 77.3 Å². The zero-order valence-electron chi connectivity index (χ0n) is 74.8. The first-order chi connectivity index (χ1) is 58.3. The van der Waals surface area contributed by atoms with E-state index >= 15 is 0 Å². The summed E-state index contributed by atoms with van der Waals surface area (Å²) in [6.45, 7) is 34.6. The van der Waals surface area contributed by atoms with Crippen LogP contribution in [0.3, 0.4) is 0 Å². The number of benzene rings is 9. The summed E-state index contributed by atoms with van der Waals surface area (Å²) in [6, 6.07) is 68.1. The molecule has 122 heavy (non-hydrogen) atoms. The lowest BCUT2D eigenvalue weighted by molar-refractivity contribution is -0.117. The number of carbonyl (C=O) groups excluding carboxylic acids is 2. The number of methoxy groups -OCH3 is 2. The smallest absolute Gasteiger partial charge is 0.346 e. The second kappa shape index (κ2) is 42.5. The van der Waals surface area contributed by atoms with Crippen LogP contribution in [0.4, 0.5) is 0 Å². The largest absolute Gasteiger partial charge is 0.496 e. The number of hydrogen-bond acceptors (Lipinski definition) is 12. The summed E-state index contributed by atoms with van der Waals surface area (Å²) in [6.07, 6.45) is 9.69. The van der Waals surface area contributed by atoms with Crippen molar-refractivity contribution in [2.45, 2.75) is 243 Å². The molecule has 0 bridgehead atoms. The first-order valence-corrected chi connectivity index (χ1v) is 43.2. The molecule has 0 aliphatic carbocycles. The molecule has 12 rings (SSSR count). The topological polar surface area (TPSA) is 219 Å². The molecule has 0 atom stereocenters. The van der Waals surface area contributed by atoms with Gasteiger partial charge in [0.2, 0.25) is 0 Å². The average Bonchev–Trinajstić information content (AvgIpc) is 1.61. The minimum absolute atomic E-state index is 0.0514. The molecule has 3 heterocycles. The van der Waals surface area contributed by atoms with Crippen LogP contribution in [0, 0.1) is 0 Å². The van der Waals surface area contributed by atoms with E-state index in [-0.39, 0.29) is 50.4 Å². The first kappa shape index (κ1) is 92.3. The van der Waals surface area contributed by atoms with Crippen LogP contribution in [-0.4, -0.2) is 86.5 Å². The Kier molecular flexibility index (Phi) is 32.1. The minimum atomic E-state index is -1.00. The van der Waals surface area contributed by atoms with Gasteiger partial charge in [0.05, 0.1) is 40.5 Å². The van der Waals surface area contributed by atoms with Crippen molar-refractivity contribution in [2.75, 3.05) is 20.8 Å². The number of aromatic nitrogens is 9. The number of aryl methyl sites for hydroxylation is 7. The summed E-state index contributed by atoms with van der Waals surface area (Å²) < 4.78 is 26.7. The summed E-state index contributed by atoms with van der Waals surface area (Å²) in [7, 11) is 3.29. The molecule has 0 aliphatic rings. The fourth-order valence-corrected chi connectivity index (χ4v) is 15.2. The van der Waals surface area contributed by atoms with Crippen LogP contribution in [-0.2, 0) is 116 Å². The molecule has 0 fully saturated rings. The number of aromatic carboxylic acids is 1. The highest BCUT2D eigenvalue weighted by molar-refractivity contribution is 5.93. The Balaban J connectivity index is 0.000000192. The van der Waals surface area contributed by atoms with Gasteiger partial charge in [-0.25, -0.2) is 33.2 Å². The van der Waals surface area contributed by atoms with Gasteiger partial charge in [-0.05, 0) is 228 Å². The molecule has 19 heteroatoms. The van der Waals surface area contributed by atoms with Gasteiger partial charge >= 0.3 is 23.0 Å². The number of nitrogens with zero attached hydrogens (tertiary/aromatic N) is 9. The van der Waals surface area contributed by atoms with E-state index in [9.17, 15) is 33.9 Å². The molecule has 12 aromatic rings. The van der Waals surface area contributed by atoms with E-state index in [1.165, 1.54) is 27.8 Å². The molecule has 0 saturated carbocycles. The van der Waals surface area contributed by atoms with Crippen molar-refractivity contribution in [3.63, 3.8) is 0 Å². The summed E-state index contributed by atoms with van der Waals surface area (Å²) in [5.41, 5.74) is 19.1. The van der Waals surface area contributed by atoms with Crippen LogP contribution in [0.25, 0.3) is 33.4 Å². The van der Waals surface area contributed by atoms with E-state index in [1.807, 2.05) is 70.2 Å². The first-order valence-electron chi connectivity index (χ1n) is 43.2. The highest BCUT2D eigenvalue weighted by atomic mass is 16.5. The Bertz CT molecular complexity index is 5710. The molecule has 3 aromatic heterocycles.